The van der Waals surface area contributed by atoms with E-state index in [1.165, 1.54) is 10.7 Å². The van der Waals surface area contributed by atoms with E-state index in [1.54, 1.807) is 24.3 Å². The SMILES string of the molecule is CC(C)c1cc(=O)[nH]c(-n2nc(C3CC3)cc2NC(=O)COc2ccc(Cl)cc2)n1. The average Bonchev–Trinajstić information content (AvgIpc) is 3.48. The van der Waals surface area contributed by atoms with Crippen molar-refractivity contribution in [1.29, 1.82) is 0 Å². The van der Waals surface area contributed by atoms with E-state index in [-0.39, 0.29) is 29.9 Å². The van der Waals surface area contributed by atoms with Gasteiger partial charge in [-0.05, 0) is 43.0 Å². The molecule has 0 aliphatic heterocycles. The van der Waals surface area contributed by atoms with Gasteiger partial charge in [-0.15, -0.1) is 0 Å². The minimum Gasteiger partial charge on any atom is -0.484 e. The molecule has 1 aromatic carbocycles. The normalized spacial score (nSPS) is 13.5. The number of carbonyl (C=O) groups excluding carboxylic acids is 1. The highest BCUT2D eigenvalue weighted by Gasteiger charge is 2.28. The number of H-pyrrole nitrogens is 1. The number of anilines is 1. The maximum Gasteiger partial charge on any atom is 0.263 e. The fourth-order valence-corrected chi connectivity index (χ4v) is 3.07. The van der Waals surface area contributed by atoms with Crippen LogP contribution in [0.25, 0.3) is 5.95 Å². The molecule has 156 valence electrons. The van der Waals surface area contributed by atoms with Crippen LogP contribution in [0.1, 0.15) is 49.9 Å². The van der Waals surface area contributed by atoms with Gasteiger partial charge in [-0.1, -0.05) is 25.4 Å². The monoisotopic (exact) mass is 427 g/mol. The molecule has 1 fully saturated rings. The maximum atomic E-state index is 12.5. The van der Waals surface area contributed by atoms with E-state index in [0.29, 0.717) is 28.2 Å². The van der Waals surface area contributed by atoms with Crippen molar-refractivity contribution >= 4 is 23.3 Å². The highest BCUT2D eigenvalue weighted by molar-refractivity contribution is 6.30. The molecule has 2 N–H and O–H groups in total. The summed E-state index contributed by atoms with van der Waals surface area (Å²) in [6, 6.07) is 10.1. The number of aromatic nitrogens is 4. The van der Waals surface area contributed by atoms with Gasteiger partial charge in [0, 0.05) is 23.1 Å². The predicted octanol–water partition coefficient (Wildman–Crippen LogP) is 3.63. The van der Waals surface area contributed by atoms with E-state index in [2.05, 4.69) is 20.4 Å². The van der Waals surface area contributed by atoms with Crippen molar-refractivity contribution < 1.29 is 9.53 Å². The molecule has 0 radical (unpaired) electrons. The largest absolute Gasteiger partial charge is 0.484 e. The van der Waals surface area contributed by atoms with E-state index in [9.17, 15) is 9.59 Å². The average molecular weight is 428 g/mol. The lowest BCUT2D eigenvalue weighted by Gasteiger charge is -2.11. The summed E-state index contributed by atoms with van der Waals surface area (Å²) in [6.45, 7) is 3.74. The third kappa shape index (κ3) is 4.71. The summed E-state index contributed by atoms with van der Waals surface area (Å²) >= 11 is 5.86. The highest BCUT2D eigenvalue weighted by atomic mass is 35.5. The molecule has 0 bridgehead atoms. The Balaban J connectivity index is 1.56. The number of nitrogens with one attached hydrogen (secondary N) is 2. The van der Waals surface area contributed by atoms with Crippen LogP contribution in [0.15, 0.2) is 41.2 Å². The van der Waals surface area contributed by atoms with Crippen molar-refractivity contribution in [3.05, 3.63) is 63.2 Å². The summed E-state index contributed by atoms with van der Waals surface area (Å²) in [6.07, 6.45) is 2.11. The maximum absolute atomic E-state index is 12.5. The van der Waals surface area contributed by atoms with Gasteiger partial charge in [0.15, 0.2) is 6.61 Å². The second-order valence-corrected chi connectivity index (χ2v) is 8.02. The first-order chi connectivity index (χ1) is 14.4. The van der Waals surface area contributed by atoms with Crippen LogP contribution in [0.5, 0.6) is 5.75 Å². The number of hydrogen-bond donors (Lipinski definition) is 2. The summed E-state index contributed by atoms with van der Waals surface area (Å²) in [5.74, 6) is 1.34. The van der Waals surface area contributed by atoms with Crippen LogP contribution in [-0.4, -0.2) is 32.3 Å². The molecule has 1 saturated carbocycles. The molecule has 3 aromatic rings. The van der Waals surface area contributed by atoms with Gasteiger partial charge in [-0.2, -0.15) is 9.78 Å². The highest BCUT2D eigenvalue weighted by Crippen LogP contribution is 2.40. The molecule has 0 saturated heterocycles. The van der Waals surface area contributed by atoms with Crippen LogP contribution in [-0.2, 0) is 4.79 Å². The van der Waals surface area contributed by atoms with Crippen LogP contribution in [0.2, 0.25) is 5.02 Å². The fourth-order valence-electron chi connectivity index (χ4n) is 2.95. The van der Waals surface area contributed by atoms with Crippen molar-refractivity contribution in [2.24, 2.45) is 0 Å². The van der Waals surface area contributed by atoms with Crippen molar-refractivity contribution in [2.75, 3.05) is 11.9 Å². The van der Waals surface area contributed by atoms with Gasteiger partial charge in [-0.3, -0.25) is 14.6 Å². The third-order valence-corrected chi connectivity index (χ3v) is 4.97. The molecule has 0 atom stereocenters. The summed E-state index contributed by atoms with van der Waals surface area (Å²) < 4.78 is 6.98. The fraction of sp³-hybridized carbons (Fsp3) is 0.333. The first kappa shape index (κ1) is 20.2. The molecule has 1 aliphatic carbocycles. The van der Waals surface area contributed by atoms with Crippen molar-refractivity contribution in [3.8, 4) is 11.7 Å². The van der Waals surface area contributed by atoms with Gasteiger partial charge >= 0.3 is 0 Å². The zero-order chi connectivity index (χ0) is 21.3. The van der Waals surface area contributed by atoms with E-state index in [1.807, 2.05) is 19.9 Å². The van der Waals surface area contributed by atoms with Crippen molar-refractivity contribution in [3.63, 3.8) is 0 Å². The number of amides is 1. The Morgan fingerprint density at radius 1 is 1.30 bits per heavy atom. The van der Waals surface area contributed by atoms with Crippen LogP contribution in [0, 0.1) is 0 Å². The molecule has 4 rings (SSSR count). The molecular formula is C21H22ClN5O3. The number of nitrogens with zero attached hydrogens (tertiary/aromatic N) is 3. The molecule has 0 spiro atoms. The number of benzene rings is 1. The predicted molar refractivity (Wildman–Crippen MR) is 114 cm³/mol. The Hall–Kier alpha value is -3.13. The Bertz CT molecular complexity index is 1120. The smallest absolute Gasteiger partial charge is 0.263 e. The second-order valence-electron chi connectivity index (χ2n) is 7.58. The summed E-state index contributed by atoms with van der Waals surface area (Å²) in [5.41, 5.74) is 1.25. The molecule has 8 nitrogen and oxygen atoms in total. The number of rotatable bonds is 7. The molecular weight excluding hydrogens is 406 g/mol. The number of aromatic amines is 1. The van der Waals surface area contributed by atoms with Crippen LogP contribution < -0.4 is 15.6 Å². The van der Waals surface area contributed by atoms with E-state index in [0.717, 1.165) is 18.5 Å². The van der Waals surface area contributed by atoms with Gasteiger partial charge < -0.3 is 10.1 Å². The van der Waals surface area contributed by atoms with E-state index < -0.39 is 0 Å². The summed E-state index contributed by atoms with van der Waals surface area (Å²) in [4.78, 5) is 31.8. The topological polar surface area (TPSA) is 102 Å². The minimum absolute atomic E-state index is 0.0790. The Kier molecular flexibility index (Phi) is 5.59. The first-order valence-corrected chi connectivity index (χ1v) is 10.2. The second kappa shape index (κ2) is 8.31. The molecule has 0 unspecified atom stereocenters. The van der Waals surface area contributed by atoms with Gasteiger partial charge in [0.25, 0.3) is 11.5 Å². The van der Waals surface area contributed by atoms with Crippen molar-refractivity contribution in [1.82, 2.24) is 19.7 Å². The standard InChI is InChI=1S/C21H22ClN5O3/c1-12(2)16-10-19(28)25-21(23-16)27-18(9-17(26-27)13-3-4-13)24-20(29)11-30-15-7-5-14(22)6-8-15/h5-10,12-13H,3-4,11H2,1-2H3,(H,24,29)(H,23,25,28). The van der Waals surface area contributed by atoms with Crippen LogP contribution in [0.4, 0.5) is 5.82 Å². The lowest BCUT2D eigenvalue weighted by molar-refractivity contribution is -0.118. The van der Waals surface area contributed by atoms with E-state index in [4.69, 9.17) is 16.3 Å². The van der Waals surface area contributed by atoms with Gasteiger partial charge in [0.1, 0.15) is 11.6 Å². The summed E-state index contributed by atoms with van der Waals surface area (Å²) in [7, 11) is 0. The zero-order valence-electron chi connectivity index (χ0n) is 16.7. The molecule has 9 heteroatoms. The minimum atomic E-state index is -0.351. The van der Waals surface area contributed by atoms with Crippen molar-refractivity contribution in [2.45, 2.75) is 38.5 Å². The molecule has 1 aliphatic rings. The summed E-state index contributed by atoms with van der Waals surface area (Å²) in [5, 5.41) is 7.98. The van der Waals surface area contributed by atoms with Gasteiger partial charge in [0.2, 0.25) is 5.95 Å². The molecule has 30 heavy (non-hydrogen) atoms. The third-order valence-electron chi connectivity index (χ3n) is 4.72. The number of carbonyl (C=O) groups is 1. The molecule has 1 amide bonds. The number of hydrogen-bond acceptors (Lipinski definition) is 5. The van der Waals surface area contributed by atoms with Crippen LogP contribution in [0.3, 0.4) is 0 Å². The zero-order valence-corrected chi connectivity index (χ0v) is 17.4. The Labute approximate surface area is 178 Å². The first-order valence-electron chi connectivity index (χ1n) is 9.79. The quantitative estimate of drug-likeness (QED) is 0.599. The Morgan fingerprint density at radius 3 is 2.70 bits per heavy atom. The Morgan fingerprint density at radius 2 is 2.03 bits per heavy atom. The van der Waals surface area contributed by atoms with E-state index >= 15 is 0 Å². The van der Waals surface area contributed by atoms with Gasteiger partial charge in [0.05, 0.1) is 11.4 Å². The number of ether oxygens (including phenoxy) is 1. The lowest BCUT2D eigenvalue weighted by Crippen LogP contribution is -2.23. The molecule has 2 heterocycles. The van der Waals surface area contributed by atoms with Gasteiger partial charge in [-0.25, -0.2) is 4.98 Å². The number of halogens is 1. The lowest BCUT2D eigenvalue weighted by atomic mass is 10.1. The van der Waals surface area contributed by atoms with Crippen LogP contribution >= 0.6 is 11.6 Å². The molecule has 2 aromatic heterocycles.